The normalized spacial score (nSPS) is 14.6. The zero-order valence-corrected chi connectivity index (χ0v) is 18.4. The lowest BCUT2D eigenvalue weighted by molar-refractivity contribution is 0.102. The first-order valence-electron chi connectivity index (χ1n) is 10.5. The lowest BCUT2D eigenvalue weighted by Crippen LogP contribution is -2.29. The number of carbonyl (C=O) groups excluding carboxylic acids is 1. The molecule has 1 fully saturated rings. The molecule has 2 N–H and O–H groups in total. The summed E-state index contributed by atoms with van der Waals surface area (Å²) in [7, 11) is -3.82. The van der Waals surface area contributed by atoms with Crippen molar-refractivity contribution in [2.45, 2.75) is 30.7 Å². The lowest BCUT2D eigenvalue weighted by atomic mass is 10.1. The van der Waals surface area contributed by atoms with Crippen molar-refractivity contribution in [2.75, 3.05) is 23.1 Å². The van der Waals surface area contributed by atoms with E-state index in [2.05, 4.69) is 24.9 Å². The van der Waals surface area contributed by atoms with Gasteiger partial charge in [-0.15, -0.1) is 0 Å². The number of rotatable bonds is 7. The van der Waals surface area contributed by atoms with E-state index in [4.69, 9.17) is 0 Å². The van der Waals surface area contributed by atoms with E-state index in [-0.39, 0.29) is 16.8 Å². The van der Waals surface area contributed by atoms with Crippen LogP contribution in [0.4, 0.5) is 11.6 Å². The molecule has 32 heavy (non-hydrogen) atoms. The quantitative estimate of drug-likeness (QED) is 0.570. The number of aromatic nitrogens is 2. The second-order valence-corrected chi connectivity index (χ2v) is 9.37. The number of nitrogens with one attached hydrogen (secondary N) is 2. The van der Waals surface area contributed by atoms with Gasteiger partial charge < -0.3 is 5.32 Å². The van der Waals surface area contributed by atoms with Gasteiger partial charge in [-0.1, -0.05) is 18.6 Å². The van der Waals surface area contributed by atoms with Crippen LogP contribution in [0.15, 0.2) is 71.9 Å². The summed E-state index contributed by atoms with van der Waals surface area (Å²) < 4.78 is 27.2. The third-order valence-corrected chi connectivity index (χ3v) is 6.63. The van der Waals surface area contributed by atoms with Crippen LogP contribution in [-0.2, 0) is 16.6 Å². The van der Waals surface area contributed by atoms with Gasteiger partial charge in [0.15, 0.2) is 0 Å². The highest BCUT2D eigenvalue weighted by Gasteiger charge is 2.16. The van der Waals surface area contributed by atoms with Gasteiger partial charge in [-0.3, -0.25) is 9.69 Å². The van der Waals surface area contributed by atoms with Crippen LogP contribution >= 0.6 is 0 Å². The molecule has 1 aromatic heterocycles. The monoisotopic (exact) mass is 451 g/mol. The zero-order chi connectivity index (χ0) is 22.4. The van der Waals surface area contributed by atoms with Gasteiger partial charge in [0.2, 0.25) is 5.95 Å². The molecule has 0 spiro atoms. The van der Waals surface area contributed by atoms with Crippen LogP contribution in [0.5, 0.6) is 0 Å². The summed E-state index contributed by atoms with van der Waals surface area (Å²) in [5.74, 6) is -0.255. The van der Waals surface area contributed by atoms with E-state index >= 15 is 0 Å². The first-order valence-corrected chi connectivity index (χ1v) is 12.0. The number of carbonyl (C=O) groups is 1. The molecule has 0 aliphatic carbocycles. The smallest absolute Gasteiger partial charge is 0.264 e. The van der Waals surface area contributed by atoms with Gasteiger partial charge in [0, 0.05) is 30.2 Å². The Morgan fingerprint density at radius 2 is 1.56 bits per heavy atom. The number of piperidine rings is 1. The van der Waals surface area contributed by atoms with E-state index in [9.17, 15) is 13.2 Å². The number of benzene rings is 2. The Morgan fingerprint density at radius 3 is 2.22 bits per heavy atom. The average Bonchev–Trinajstić information content (AvgIpc) is 2.81. The van der Waals surface area contributed by atoms with Crippen molar-refractivity contribution < 1.29 is 13.2 Å². The topological polar surface area (TPSA) is 104 Å². The summed E-state index contributed by atoms with van der Waals surface area (Å²) >= 11 is 0. The van der Waals surface area contributed by atoms with Crippen LogP contribution in [-0.4, -0.2) is 42.3 Å². The summed E-state index contributed by atoms with van der Waals surface area (Å²) in [6, 6.07) is 15.1. The molecule has 1 aliphatic heterocycles. The molecule has 1 aliphatic rings. The second kappa shape index (κ2) is 9.88. The number of hydrogen-bond acceptors (Lipinski definition) is 6. The minimum atomic E-state index is -3.82. The SMILES string of the molecule is O=C(Nc1ccc(S(=O)(=O)Nc2ncccn2)cc1)c1ccc(CN2CCCCC2)cc1. The first kappa shape index (κ1) is 21.9. The van der Waals surface area contributed by atoms with E-state index < -0.39 is 10.0 Å². The van der Waals surface area contributed by atoms with Gasteiger partial charge in [0.05, 0.1) is 4.90 Å². The third-order valence-electron chi connectivity index (χ3n) is 5.28. The molecule has 4 rings (SSSR count). The maximum atomic E-state index is 12.6. The van der Waals surface area contributed by atoms with E-state index in [0.29, 0.717) is 11.3 Å². The summed E-state index contributed by atoms with van der Waals surface area (Å²) in [6.45, 7) is 3.16. The highest BCUT2D eigenvalue weighted by atomic mass is 32.2. The molecule has 2 heterocycles. The fourth-order valence-electron chi connectivity index (χ4n) is 3.59. The first-order chi connectivity index (χ1) is 15.5. The standard InChI is InChI=1S/C23H25N5O3S/c29-22(19-7-5-18(6-8-19)17-28-15-2-1-3-16-28)26-20-9-11-21(12-10-20)32(30,31)27-23-24-13-4-14-25-23/h4-14H,1-3,15-17H2,(H,26,29)(H,24,25,27). The van der Waals surface area contributed by atoms with E-state index in [1.54, 1.807) is 18.2 Å². The highest BCUT2D eigenvalue weighted by Crippen LogP contribution is 2.18. The molecule has 0 radical (unpaired) electrons. The fraction of sp³-hybridized carbons (Fsp3) is 0.261. The molecular weight excluding hydrogens is 426 g/mol. The summed E-state index contributed by atoms with van der Waals surface area (Å²) in [6.07, 6.45) is 6.70. The largest absolute Gasteiger partial charge is 0.322 e. The van der Waals surface area contributed by atoms with Crippen molar-refractivity contribution in [1.29, 1.82) is 0 Å². The summed E-state index contributed by atoms with van der Waals surface area (Å²) in [5.41, 5.74) is 2.24. The predicted molar refractivity (Wildman–Crippen MR) is 123 cm³/mol. The van der Waals surface area contributed by atoms with Crippen molar-refractivity contribution in [3.05, 3.63) is 78.1 Å². The maximum Gasteiger partial charge on any atom is 0.264 e. The summed E-state index contributed by atoms with van der Waals surface area (Å²) in [5, 5.41) is 2.80. The van der Waals surface area contributed by atoms with Crippen molar-refractivity contribution in [3.63, 3.8) is 0 Å². The maximum absolute atomic E-state index is 12.6. The van der Waals surface area contributed by atoms with Crippen LogP contribution < -0.4 is 10.0 Å². The fourth-order valence-corrected chi connectivity index (χ4v) is 4.55. The molecule has 1 saturated heterocycles. The number of anilines is 2. The van der Waals surface area contributed by atoms with Crippen molar-refractivity contribution in [2.24, 2.45) is 0 Å². The number of sulfonamides is 1. The Kier molecular flexibility index (Phi) is 6.77. The van der Waals surface area contributed by atoms with Gasteiger partial charge in [0.25, 0.3) is 15.9 Å². The van der Waals surface area contributed by atoms with E-state index in [0.717, 1.165) is 19.6 Å². The minimum Gasteiger partial charge on any atom is -0.322 e. The molecule has 1 amide bonds. The summed E-state index contributed by atoms with van der Waals surface area (Å²) in [4.78, 5) is 22.8. The van der Waals surface area contributed by atoms with E-state index in [1.165, 1.54) is 49.4 Å². The lowest BCUT2D eigenvalue weighted by Gasteiger charge is -2.26. The average molecular weight is 452 g/mol. The zero-order valence-electron chi connectivity index (χ0n) is 17.6. The van der Waals surface area contributed by atoms with Crippen molar-refractivity contribution >= 4 is 27.6 Å². The van der Waals surface area contributed by atoms with Crippen molar-refractivity contribution in [1.82, 2.24) is 14.9 Å². The number of nitrogens with zero attached hydrogens (tertiary/aromatic N) is 3. The van der Waals surface area contributed by atoms with Crippen LogP contribution in [0, 0.1) is 0 Å². The molecule has 9 heteroatoms. The Labute approximate surface area is 187 Å². The van der Waals surface area contributed by atoms with Gasteiger partial charge in [-0.25, -0.2) is 23.1 Å². The van der Waals surface area contributed by atoms with Crippen LogP contribution in [0.2, 0.25) is 0 Å². The third kappa shape index (κ3) is 5.68. The van der Waals surface area contributed by atoms with Crippen LogP contribution in [0.25, 0.3) is 0 Å². The Hall–Kier alpha value is -3.30. The Bertz CT molecular complexity index is 1140. The van der Waals surface area contributed by atoms with Crippen molar-refractivity contribution in [3.8, 4) is 0 Å². The molecule has 0 saturated carbocycles. The molecule has 0 atom stereocenters. The molecule has 2 aromatic carbocycles. The Morgan fingerprint density at radius 1 is 0.906 bits per heavy atom. The number of likely N-dealkylation sites (tertiary alicyclic amines) is 1. The number of amides is 1. The van der Waals surface area contributed by atoms with Gasteiger partial charge in [-0.2, -0.15) is 0 Å². The Balaban J connectivity index is 1.36. The van der Waals surface area contributed by atoms with Gasteiger partial charge >= 0.3 is 0 Å². The molecule has 3 aromatic rings. The van der Waals surface area contributed by atoms with E-state index in [1.807, 2.05) is 24.3 Å². The van der Waals surface area contributed by atoms with Crippen LogP contribution in [0.3, 0.4) is 0 Å². The van der Waals surface area contributed by atoms with Gasteiger partial charge in [-0.05, 0) is 74.0 Å². The molecule has 8 nitrogen and oxygen atoms in total. The highest BCUT2D eigenvalue weighted by molar-refractivity contribution is 7.92. The molecule has 0 unspecified atom stereocenters. The molecular formula is C23H25N5O3S. The number of hydrogen-bond donors (Lipinski definition) is 2. The molecule has 166 valence electrons. The predicted octanol–water partition coefficient (Wildman–Crippen LogP) is 3.52. The second-order valence-electron chi connectivity index (χ2n) is 7.69. The van der Waals surface area contributed by atoms with Crippen LogP contribution in [0.1, 0.15) is 35.2 Å². The minimum absolute atomic E-state index is 0.00591. The molecule has 0 bridgehead atoms. The van der Waals surface area contributed by atoms with Gasteiger partial charge in [0.1, 0.15) is 0 Å².